The molecule has 11 heteroatoms. The van der Waals surface area contributed by atoms with E-state index < -0.39 is 23.9 Å². The van der Waals surface area contributed by atoms with Gasteiger partial charge in [0.1, 0.15) is 5.69 Å². The smallest absolute Gasteiger partial charge is 0.413 e. The van der Waals surface area contributed by atoms with Gasteiger partial charge in [0.25, 0.3) is 0 Å². The number of rotatable bonds is 7. The van der Waals surface area contributed by atoms with Crippen LogP contribution in [0.25, 0.3) is 0 Å². The first kappa shape index (κ1) is 22.1. The molecule has 8 nitrogen and oxygen atoms in total. The van der Waals surface area contributed by atoms with Crippen LogP contribution >= 0.6 is 34.8 Å². The summed E-state index contributed by atoms with van der Waals surface area (Å²) in [5.41, 5.74) is 0.131. The van der Waals surface area contributed by atoms with Crippen LogP contribution in [0, 0.1) is 5.92 Å². The number of hydrogen-bond donors (Lipinski definition) is 1. The predicted octanol–water partition coefficient (Wildman–Crippen LogP) is 4.18. The second-order valence-corrected chi connectivity index (χ2v) is 5.91. The molecule has 142 valence electrons. The van der Waals surface area contributed by atoms with E-state index in [-0.39, 0.29) is 35.5 Å². The van der Waals surface area contributed by atoms with Crippen LogP contribution in [0.3, 0.4) is 0 Å². The molecule has 0 aliphatic heterocycles. The molecule has 1 N–H and O–H groups in total. The Morgan fingerprint density at radius 2 is 1.65 bits per heavy atom. The van der Waals surface area contributed by atoms with E-state index in [1.54, 1.807) is 13.8 Å². The number of esters is 1. The van der Waals surface area contributed by atoms with E-state index in [1.165, 1.54) is 12.1 Å². The van der Waals surface area contributed by atoms with Crippen LogP contribution in [-0.2, 0) is 19.1 Å². The SMILES string of the molecule is CCOC(=O)NC(=O)C(CN=Nc1c(Cl)cc(Cl)cc1Cl)C(=O)OCC. The fourth-order valence-corrected chi connectivity index (χ4v) is 2.58. The number of nitrogens with one attached hydrogen (secondary N) is 1. The lowest BCUT2D eigenvalue weighted by molar-refractivity contribution is -0.151. The molecule has 0 saturated carbocycles. The van der Waals surface area contributed by atoms with Gasteiger partial charge in [-0.2, -0.15) is 10.2 Å². The van der Waals surface area contributed by atoms with Crippen LogP contribution in [0.4, 0.5) is 10.5 Å². The molecule has 1 atom stereocenters. The van der Waals surface area contributed by atoms with E-state index in [4.69, 9.17) is 39.5 Å². The second kappa shape index (κ2) is 10.9. The summed E-state index contributed by atoms with van der Waals surface area (Å²) in [6, 6.07) is 2.83. The second-order valence-electron chi connectivity index (χ2n) is 4.66. The third-order valence-electron chi connectivity index (χ3n) is 2.80. The summed E-state index contributed by atoms with van der Waals surface area (Å²) in [6.45, 7) is 2.87. The minimum atomic E-state index is -1.40. The largest absolute Gasteiger partial charge is 0.465 e. The summed E-state index contributed by atoms with van der Waals surface area (Å²) in [4.78, 5) is 35.4. The van der Waals surface area contributed by atoms with Gasteiger partial charge in [0.15, 0.2) is 5.92 Å². The molecule has 1 rings (SSSR count). The zero-order valence-electron chi connectivity index (χ0n) is 13.9. The topological polar surface area (TPSA) is 106 Å². The number of benzene rings is 1. The Kier molecular flexibility index (Phi) is 9.32. The number of ether oxygens (including phenoxy) is 2. The number of carbonyl (C=O) groups is 3. The van der Waals surface area contributed by atoms with Crippen LogP contribution in [0.1, 0.15) is 13.8 Å². The predicted molar refractivity (Wildman–Crippen MR) is 96.1 cm³/mol. The monoisotopic (exact) mass is 423 g/mol. The van der Waals surface area contributed by atoms with E-state index in [9.17, 15) is 14.4 Å². The molecule has 2 amide bonds. The lowest BCUT2D eigenvalue weighted by atomic mass is 10.1. The van der Waals surface area contributed by atoms with Crippen molar-refractivity contribution in [1.82, 2.24) is 5.32 Å². The Hall–Kier alpha value is -1.90. The Labute approximate surface area is 164 Å². The van der Waals surface area contributed by atoms with Crippen LogP contribution in [-0.4, -0.2) is 37.7 Å². The zero-order chi connectivity index (χ0) is 19.7. The van der Waals surface area contributed by atoms with Gasteiger partial charge < -0.3 is 9.47 Å². The number of alkyl carbamates (subject to hydrolysis) is 1. The van der Waals surface area contributed by atoms with Crippen LogP contribution in [0.5, 0.6) is 0 Å². The molecule has 1 unspecified atom stereocenters. The zero-order valence-corrected chi connectivity index (χ0v) is 16.2. The minimum absolute atomic E-state index is 0.0496. The number of nitrogens with zero attached hydrogens (tertiary/aromatic N) is 2. The molecule has 0 fully saturated rings. The minimum Gasteiger partial charge on any atom is -0.465 e. The average molecular weight is 425 g/mol. The van der Waals surface area contributed by atoms with Crippen molar-refractivity contribution >= 4 is 58.5 Å². The molecular weight excluding hydrogens is 409 g/mol. The molecule has 0 bridgehead atoms. The van der Waals surface area contributed by atoms with E-state index in [2.05, 4.69) is 15.0 Å². The Morgan fingerprint density at radius 1 is 1.08 bits per heavy atom. The number of azo groups is 1. The van der Waals surface area contributed by atoms with E-state index >= 15 is 0 Å². The summed E-state index contributed by atoms with van der Waals surface area (Å²) in [5.74, 6) is -3.18. The van der Waals surface area contributed by atoms with Crippen LogP contribution in [0.2, 0.25) is 15.1 Å². The first-order valence-corrected chi connectivity index (χ1v) is 8.59. The van der Waals surface area contributed by atoms with Crippen LogP contribution in [0.15, 0.2) is 22.4 Å². The Balaban J connectivity index is 2.91. The van der Waals surface area contributed by atoms with Crippen molar-refractivity contribution < 1.29 is 23.9 Å². The van der Waals surface area contributed by atoms with Gasteiger partial charge >= 0.3 is 12.1 Å². The third kappa shape index (κ3) is 6.78. The molecule has 1 aromatic carbocycles. The van der Waals surface area contributed by atoms with E-state index in [0.717, 1.165) is 0 Å². The first-order valence-electron chi connectivity index (χ1n) is 7.46. The standard InChI is InChI=1S/C15H16Cl3N3O5/c1-3-25-14(23)9(13(22)20-15(24)26-4-2)7-19-21-12-10(17)5-8(16)6-11(12)18/h5-6,9H,3-4,7H2,1-2H3,(H,20,22,24). The van der Waals surface area contributed by atoms with Crippen molar-refractivity contribution in [3.8, 4) is 0 Å². The van der Waals surface area contributed by atoms with E-state index in [0.29, 0.717) is 5.02 Å². The molecule has 0 aliphatic rings. The molecule has 0 saturated heterocycles. The van der Waals surface area contributed by atoms with Crippen LogP contribution < -0.4 is 5.32 Å². The molecule has 0 spiro atoms. The van der Waals surface area contributed by atoms with Gasteiger partial charge in [-0.05, 0) is 26.0 Å². The maximum absolute atomic E-state index is 12.1. The van der Waals surface area contributed by atoms with Gasteiger partial charge in [0.2, 0.25) is 5.91 Å². The third-order valence-corrected chi connectivity index (χ3v) is 3.60. The highest BCUT2D eigenvalue weighted by molar-refractivity contribution is 6.41. The fraction of sp³-hybridized carbons (Fsp3) is 0.400. The summed E-state index contributed by atoms with van der Waals surface area (Å²) < 4.78 is 9.40. The summed E-state index contributed by atoms with van der Waals surface area (Å²) in [5, 5.41) is 10.1. The molecule has 26 heavy (non-hydrogen) atoms. The van der Waals surface area contributed by atoms with Gasteiger partial charge in [0.05, 0.1) is 29.8 Å². The molecule has 0 aromatic heterocycles. The van der Waals surface area contributed by atoms with Crippen molar-refractivity contribution in [2.45, 2.75) is 13.8 Å². The number of imide groups is 1. The summed E-state index contributed by atoms with van der Waals surface area (Å²) in [6.07, 6.45) is -0.979. The van der Waals surface area contributed by atoms with Crippen molar-refractivity contribution in [2.75, 3.05) is 19.8 Å². The lowest BCUT2D eigenvalue weighted by Crippen LogP contribution is -2.41. The average Bonchev–Trinajstić information content (AvgIpc) is 2.53. The van der Waals surface area contributed by atoms with Gasteiger partial charge in [0, 0.05) is 5.02 Å². The molecule has 0 heterocycles. The molecular formula is C15H16Cl3N3O5. The molecule has 1 aromatic rings. The Morgan fingerprint density at radius 3 is 2.19 bits per heavy atom. The number of hydrogen-bond acceptors (Lipinski definition) is 7. The van der Waals surface area contributed by atoms with Crippen molar-refractivity contribution in [2.24, 2.45) is 16.1 Å². The highest BCUT2D eigenvalue weighted by Crippen LogP contribution is 2.36. The maximum atomic E-state index is 12.1. The van der Waals surface area contributed by atoms with Crippen molar-refractivity contribution in [1.29, 1.82) is 0 Å². The van der Waals surface area contributed by atoms with Crippen molar-refractivity contribution in [3.63, 3.8) is 0 Å². The highest BCUT2D eigenvalue weighted by atomic mass is 35.5. The molecule has 0 radical (unpaired) electrons. The number of carbonyl (C=O) groups excluding carboxylic acids is 3. The van der Waals surface area contributed by atoms with Gasteiger partial charge in [-0.3, -0.25) is 14.9 Å². The normalized spacial score (nSPS) is 11.9. The first-order chi connectivity index (χ1) is 12.3. The summed E-state index contributed by atoms with van der Waals surface area (Å²) >= 11 is 17.7. The summed E-state index contributed by atoms with van der Waals surface area (Å²) in [7, 11) is 0. The highest BCUT2D eigenvalue weighted by Gasteiger charge is 2.29. The Bertz CT molecular complexity index is 689. The van der Waals surface area contributed by atoms with Gasteiger partial charge in [-0.1, -0.05) is 34.8 Å². The van der Waals surface area contributed by atoms with Crippen molar-refractivity contribution in [3.05, 3.63) is 27.2 Å². The number of halogens is 3. The van der Waals surface area contributed by atoms with Gasteiger partial charge in [-0.25, -0.2) is 4.79 Å². The van der Waals surface area contributed by atoms with Gasteiger partial charge in [-0.15, -0.1) is 0 Å². The van der Waals surface area contributed by atoms with E-state index in [1.807, 2.05) is 5.32 Å². The fourth-order valence-electron chi connectivity index (χ4n) is 1.69. The molecule has 0 aliphatic carbocycles. The number of amides is 2. The lowest BCUT2D eigenvalue weighted by Gasteiger charge is -2.12. The quantitative estimate of drug-likeness (QED) is 0.401. The maximum Gasteiger partial charge on any atom is 0.413 e.